The van der Waals surface area contributed by atoms with Crippen LogP contribution in [0.1, 0.15) is 11.3 Å². The van der Waals surface area contributed by atoms with E-state index in [1.807, 2.05) is 37.3 Å². The molecule has 1 aliphatic heterocycles. The van der Waals surface area contributed by atoms with E-state index in [1.165, 1.54) is 22.5 Å². The lowest BCUT2D eigenvalue weighted by Gasteiger charge is -2.18. The van der Waals surface area contributed by atoms with Crippen molar-refractivity contribution in [3.63, 3.8) is 0 Å². The Morgan fingerprint density at radius 2 is 1.94 bits per heavy atom. The summed E-state index contributed by atoms with van der Waals surface area (Å²) >= 11 is 0. The number of carbonyl (C=O) groups excluding carboxylic acids is 2. The van der Waals surface area contributed by atoms with E-state index in [-0.39, 0.29) is 24.6 Å². The minimum Gasteiger partial charge on any atom is -0.489 e. The standard InChI is InChI=1S/C23H24N4O6S/c1-15-10-16(19-4-2-3-5-21(19)24-15)13-33-17-6-8-18(9-7-17)34(31,32)26-22-12-27(14-28)11-20(22)23(29)25-30/h2-10,14,20,22,26,30H,11-13H2,1H3,(H,25,29). The van der Waals surface area contributed by atoms with Crippen LogP contribution in [0, 0.1) is 12.8 Å². The summed E-state index contributed by atoms with van der Waals surface area (Å²) in [6.45, 7) is 2.21. The van der Waals surface area contributed by atoms with E-state index < -0.39 is 27.9 Å². The Kier molecular flexibility index (Phi) is 6.77. The molecule has 10 nitrogen and oxygen atoms in total. The number of likely N-dealkylation sites (tertiary alicyclic amines) is 1. The zero-order valence-electron chi connectivity index (χ0n) is 18.3. The van der Waals surface area contributed by atoms with E-state index >= 15 is 0 Å². The number of ether oxygens (including phenoxy) is 1. The van der Waals surface area contributed by atoms with Gasteiger partial charge in [-0.3, -0.25) is 19.8 Å². The summed E-state index contributed by atoms with van der Waals surface area (Å²) in [7, 11) is -3.99. The lowest BCUT2D eigenvalue weighted by Crippen LogP contribution is -2.45. The molecule has 1 aromatic heterocycles. The highest BCUT2D eigenvalue weighted by Crippen LogP contribution is 2.23. The molecular weight excluding hydrogens is 460 g/mol. The first-order chi connectivity index (χ1) is 16.3. The topological polar surface area (TPSA) is 138 Å². The number of aromatic nitrogens is 1. The number of rotatable bonds is 8. The molecule has 0 spiro atoms. The molecule has 2 atom stereocenters. The van der Waals surface area contributed by atoms with Gasteiger partial charge >= 0.3 is 0 Å². The van der Waals surface area contributed by atoms with Crippen molar-refractivity contribution in [2.45, 2.75) is 24.5 Å². The molecule has 3 N–H and O–H groups in total. The minimum atomic E-state index is -3.99. The predicted molar refractivity (Wildman–Crippen MR) is 122 cm³/mol. The number of hydroxylamine groups is 1. The zero-order chi connectivity index (χ0) is 24.3. The maximum Gasteiger partial charge on any atom is 0.249 e. The average Bonchev–Trinajstić information content (AvgIpc) is 3.24. The summed E-state index contributed by atoms with van der Waals surface area (Å²) < 4.78 is 34.0. The predicted octanol–water partition coefficient (Wildman–Crippen LogP) is 1.36. The van der Waals surface area contributed by atoms with Gasteiger partial charge < -0.3 is 9.64 Å². The Hall–Kier alpha value is -3.54. The largest absolute Gasteiger partial charge is 0.489 e. The molecule has 0 radical (unpaired) electrons. The second kappa shape index (κ2) is 9.75. The number of sulfonamides is 1. The Labute approximate surface area is 196 Å². The van der Waals surface area contributed by atoms with Gasteiger partial charge in [-0.1, -0.05) is 18.2 Å². The smallest absolute Gasteiger partial charge is 0.249 e. The van der Waals surface area contributed by atoms with E-state index in [0.717, 1.165) is 22.2 Å². The van der Waals surface area contributed by atoms with Gasteiger partial charge in [-0.25, -0.2) is 18.6 Å². The normalized spacial score (nSPS) is 18.1. The minimum absolute atomic E-state index is 0.000972. The van der Waals surface area contributed by atoms with Crippen LogP contribution >= 0.6 is 0 Å². The van der Waals surface area contributed by atoms with Crippen LogP contribution in [0.5, 0.6) is 5.75 Å². The fourth-order valence-electron chi connectivity index (χ4n) is 4.05. The number of fused-ring (bicyclic) bond motifs is 1. The maximum absolute atomic E-state index is 12.9. The van der Waals surface area contributed by atoms with Gasteiger partial charge in [-0.2, -0.15) is 0 Å². The molecule has 2 unspecified atom stereocenters. The Bertz CT molecular complexity index is 1310. The van der Waals surface area contributed by atoms with Crippen molar-refractivity contribution in [1.29, 1.82) is 0 Å². The van der Waals surface area contributed by atoms with Crippen molar-refractivity contribution >= 4 is 33.2 Å². The molecule has 3 aromatic rings. The van der Waals surface area contributed by atoms with Crippen LogP contribution in [0.3, 0.4) is 0 Å². The second-order valence-corrected chi connectivity index (χ2v) is 9.78. The lowest BCUT2D eigenvalue weighted by molar-refractivity contribution is -0.133. The van der Waals surface area contributed by atoms with Crippen LogP contribution in [-0.4, -0.2) is 55.0 Å². The first-order valence-electron chi connectivity index (χ1n) is 10.5. The van der Waals surface area contributed by atoms with E-state index in [4.69, 9.17) is 9.94 Å². The molecule has 0 bridgehead atoms. The molecule has 178 valence electrons. The maximum atomic E-state index is 12.9. The van der Waals surface area contributed by atoms with Crippen molar-refractivity contribution in [2.24, 2.45) is 5.92 Å². The highest BCUT2D eigenvalue weighted by molar-refractivity contribution is 7.89. The molecule has 4 rings (SSSR count). The first kappa shape index (κ1) is 23.6. The van der Waals surface area contributed by atoms with Crippen molar-refractivity contribution in [3.05, 3.63) is 65.9 Å². The van der Waals surface area contributed by atoms with Gasteiger partial charge in [0.2, 0.25) is 22.3 Å². The summed E-state index contributed by atoms with van der Waals surface area (Å²) in [6.07, 6.45) is 0.533. The monoisotopic (exact) mass is 484 g/mol. The van der Waals surface area contributed by atoms with Crippen LogP contribution in [0.4, 0.5) is 0 Å². The van der Waals surface area contributed by atoms with Gasteiger partial charge in [0, 0.05) is 29.7 Å². The number of hydrogen-bond donors (Lipinski definition) is 3. The van der Waals surface area contributed by atoms with E-state index in [9.17, 15) is 18.0 Å². The van der Waals surface area contributed by atoms with Gasteiger partial charge in [0.15, 0.2) is 0 Å². The summed E-state index contributed by atoms with van der Waals surface area (Å²) in [6, 6.07) is 14.8. The molecule has 2 amide bonds. The SMILES string of the molecule is Cc1cc(COc2ccc(S(=O)(=O)NC3CN(C=O)CC3C(=O)NO)cc2)c2ccccc2n1. The number of carbonyl (C=O) groups is 2. The Balaban J connectivity index is 1.46. The molecule has 1 aliphatic rings. The average molecular weight is 485 g/mol. The third-order valence-electron chi connectivity index (χ3n) is 5.71. The molecule has 2 aromatic carbocycles. The zero-order valence-corrected chi connectivity index (χ0v) is 19.2. The number of benzene rings is 2. The van der Waals surface area contributed by atoms with E-state index in [0.29, 0.717) is 12.2 Å². The molecule has 34 heavy (non-hydrogen) atoms. The van der Waals surface area contributed by atoms with Gasteiger partial charge in [0.1, 0.15) is 12.4 Å². The van der Waals surface area contributed by atoms with Crippen molar-refractivity contribution in [1.82, 2.24) is 20.1 Å². The Morgan fingerprint density at radius 1 is 1.21 bits per heavy atom. The molecule has 1 fully saturated rings. The van der Waals surface area contributed by atoms with Gasteiger partial charge in [-0.05, 0) is 43.3 Å². The van der Waals surface area contributed by atoms with Crippen molar-refractivity contribution in [3.8, 4) is 5.75 Å². The number of amides is 2. The number of nitrogens with one attached hydrogen (secondary N) is 2. The van der Waals surface area contributed by atoms with Crippen molar-refractivity contribution in [2.75, 3.05) is 13.1 Å². The van der Waals surface area contributed by atoms with Crippen LogP contribution in [0.15, 0.2) is 59.5 Å². The number of pyridine rings is 1. The fraction of sp³-hybridized carbons (Fsp3) is 0.261. The van der Waals surface area contributed by atoms with Crippen LogP contribution < -0.4 is 14.9 Å². The molecule has 2 heterocycles. The van der Waals surface area contributed by atoms with Crippen molar-refractivity contribution < 1.29 is 28.0 Å². The second-order valence-electron chi connectivity index (χ2n) is 8.07. The summed E-state index contributed by atoms with van der Waals surface area (Å²) in [4.78, 5) is 28.7. The number of nitrogens with zero attached hydrogens (tertiary/aromatic N) is 2. The van der Waals surface area contributed by atoms with E-state index in [1.54, 1.807) is 12.1 Å². The molecule has 0 saturated carbocycles. The number of para-hydroxylation sites is 1. The third-order valence-corrected chi connectivity index (χ3v) is 7.21. The molecule has 0 aliphatic carbocycles. The molecule has 11 heteroatoms. The first-order valence-corrected chi connectivity index (χ1v) is 12.0. The lowest BCUT2D eigenvalue weighted by atomic mass is 10.0. The number of hydrogen-bond acceptors (Lipinski definition) is 7. The summed E-state index contributed by atoms with van der Waals surface area (Å²) in [5.41, 5.74) is 4.24. The Morgan fingerprint density at radius 3 is 2.65 bits per heavy atom. The highest BCUT2D eigenvalue weighted by Gasteiger charge is 2.39. The highest BCUT2D eigenvalue weighted by atomic mass is 32.2. The van der Waals surface area contributed by atoms with Crippen LogP contribution in [0.2, 0.25) is 0 Å². The third kappa shape index (κ3) is 5.01. The fourth-order valence-corrected chi connectivity index (χ4v) is 5.31. The van der Waals surface area contributed by atoms with Gasteiger partial charge in [0.05, 0.1) is 22.4 Å². The molecule has 1 saturated heterocycles. The summed E-state index contributed by atoms with van der Waals surface area (Å²) in [5.74, 6) is -1.19. The quantitative estimate of drug-likeness (QED) is 0.249. The van der Waals surface area contributed by atoms with Gasteiger partial charge in [-0.15, -0.1) is 0 Å². The van der Waals surface area contributed by atoms with Gasteiger partial charge in [0.25, 0.3) is 0 Å². The molecular formula is C23H24N4O6S. The van der Waals surface area contributed by atoms with Crippen LogP contribution in [-0.2, 0) is 26.2 Å². The summed E-state index contributed by atoms with van der Waals surface area (Å²) in [5, 5.41) is 9.91. The van der Waals surface area contributed by atoms with E-state index in [2.05, 4.69) is 9.71 Å². The number of aryl methyl sites for hydroxylation is 1. The van der Waals surface area contributed by atoms with Crippen LogP contribution in [0.25, 0.3) is 10.9 Å².